The maximum absolute atomic E-state index is 13.3. The van der Waals surface area contributed by atoms with Crippen LogP contribution in [0.5, 0.6) is 0 Å². The number of nitrogens with zero attached hydrogens (tertiary/aromatic N) is 2. The minimum absolute atomic E-state index is 0.249. The highest BCUT2D eigenvalue weighted by Gasteiger charge is 2.21. The molecule has 0 atom stereocenters. The summed E-state index contributed by atoms with van der Waals surface area (Å²) in [6.45, 7) is 9.02. The molecule has 0 unspecified atom stereocenters. The lowest BCUT2D eigenvalue weighted by Gasteiger charge is -2.24. The predicted molar refractivity (Wildman–Crippen MR) is 125 cm³/mol. The van der Waals surface area contributed by atoms with E-state index in [0.29, 0.717) is 17.9 Å². The molecule has 0 saturated carbocycles. The van der Waals surface area contributed by atoms with Gasteiger partial charge in [0.05, 0.1) is 12.3 Å². The maximum Gasteiger partial charge on any atom is 0.282 e. The van der Waals surface area contributed by atoms with Gasteiger partial charge in [0.15, 0.2) is 0 Å². The third kappa shape index (κ3) is 5.13. The van der Waals surface area contributed by atoms with Crippen LogP contribution in [0.3, 0.4) is 0 Å². The molecule has 0 fully saturated rings. The summed E-state index contributed by atoms with van der Waals surface area (Å²) in [5.74, 6) is -0.979. The highest BCUT2D eigenvalue weighted by molar-refractivity contribution is 6.06. The van der Waals surface area contributed by atoms with E-state index in [1.165, 1.54) is 29.3 Å². The number of carbonyl (C=O) groups is 2. The van der Waals surface area contributed by atoms with Crippen LogP contribution in [0.2, 0.25) is 0 Å². The Labute approximate surface area is 188 Å². The van der Waals surface area contributed by atoms with Crippen LogP contribution < -0.4 is 10.5 Å². The summed E-state index contributed by atoms with van der Waals surface area (Å²) < 4.78 is 0. The van der Waals surface area contributed by atoms with Crippen molar-refractivity contribution in [3.63, 3.8) is 0 Å². The van der Waals surface area contributed by atoms with Crippen LogP contribution in [0.15, 0.2) is 60.7 Å². The highest BCUT2D eigenvalue weighted by Crippen LogP contribution is 2.29. The number of carbonyl (C=O) groups excluding carboxylic acids is 2. The van der Waals surface area contributed by atoms with Crippen LogP contribution in [-0.2, 0) is 11.4 Å². The number of hydrogen-bond donors (Lipinski definition) is 2. The van der Waals surface area contributed by atoms with Gasteiger partial charge in [-0.2, -0.15) is 5.06 Å². The highest BCUT2D eigenvalue weighted by atomic mass is 16.7. The first kappa shape index (κ1) is 23.4. The lowest BCUT2D eigenvalue weighted by atomic mass is 10.0. The van der Waals surface area contributed by atoms with Crippen LogP contribution in [-0.4, -0.2) is 41.6 Å². The summed E-state index contributed by atoms with van der Waals surface area (Å²) in [4.78, 5) is 33.0. The summed E-state index contributed by atoms with van der Waals surface area (Å²) in [7, 11) is 0. The smallest absolute Gasteiger partial charge is 0.282 e. The second kappa shape index (κ2) is 10.9. The van der Waals surface area contributed by atoms with Crippen molar-refractivity contribution in [3.8, 4) is 0 Å². The molecule has 0 saturated heterocycles. The Morgan fingerprint density at radius 2 is 1.59 bits per heavy atom. The summed E-state index contributed by atoms with van der Waals surface area (Å²) in [6.07, 6.45) is 0. The average molecular weight is 436 g/mol. The quantitative estimate of drug-likeness (QED) is 0.385. The van der Waals surface area contributed by atoms with Gasteiger partial charge in [-0.15, -0.1) is 0 Å². The Balaban J connectivity index is 2.02. The molecule has 0 aromatic heterocycles. The topological polar surface area (TPSA) is 82.1 Å². The Hall–Kier alpha value is -3.26. The summed E-state index contributed by atoms with van der Waals surface area (Å²) in [5.41, 5.74) is 3.97. The number of nitrogens with one attached hydrogen (secondary N) is 1. The molecule has 7 nitrogen and oxygen atoms in total. The zero-order valence-corrected chi connectivity index (χ0v) is 18.7. The van der Waals surface area contributed by atoms with Gasteiger partial charge in [0.1, 0.15) is 0 Å². The number of rotatable bonds is 9. The molecule has 7 heteroatoms. The third-order valence-corrected chi connectivity index (χ3v) is 5.39. The Morgan fingerprint density at radius 1 is 0.938 bits per heavy atom. The molecule has 2 N–H and O–H groups in total. The Kier molecular flexibility index (Phi) is 7.94. The van der Waals surface area contributed by atoms with Crippen molar-refractivity contribution in [2.75, 3.05) is 24.8 Å². The fourth-order valence-electron chi connectivity index (χ4n) is 3.63. The van der Waals surface area contributed by atoms with Crippen LogP contribution >= 0.6 is 0 Å². The van der Waals surface area contributed by atoms with E-state index in [-0.39, 0.29) is 11.5 Å². The zero-order valence-electron chi connectivity index (χ0n) is 18.7. The minimum Gasteiger partial charge on any atom is -0.300 e. The fourth-order valence-corrected chi connectivity index (χ4v) is 3.63. The first-order valence-electron chi connectivity index (χ1n) is 10.8. The molecular weight excluding hydrogens is 406 g/mol. The van der Waals surface area contributed by atoms with Gasteiger partial charge in [-0.3, -0.25) is 24.5 Å². The molecule has 168 valence electrons. The number of anilines is 1. The molecule has 0 bridgehead atoms. The van der Waals surface area contributed by atoms with Crippen molar-refractivity contribution in [1.82, 2.24) is 10.4 Å². The van der Waals surface area contributed by atoms with Gasteiger partial charge in [0.2, 0.25) is 0 Å². The van der Waals surface area contributed by atoms with E-state index in [9.17, 15) is 9.59 Å². The van der Waals surface area contributed by atoms with Gasteiger partial charge in [-0.25, -0.2) is 5.48 Å². The Bertz CT molecular complexity index is 1080. The number of hydrogen-bond acceptors (Lipinski definition) is 5. The van der Waals surface area contributed by atoms with Gasteiger partial charge < -0.3 is 0 Å². The molecular formula is C25H29N3O4. The first-order valence-corrected chi connectivity index (χ1v) is 10.8. The van der Waals surface area contributed by atoms with Crippen LogP contribution in [0, 0.1) is 0 Å². The van der Waals surface area contributed by atoms with Crippen molar-refractivity contribution in [2.45, 2.75) is 27.3 Å². The lowest BCUT2D eigenvalue weighted by molar-refractivity contribution is 0.0678. The van der Waals surface area contributed by atoms with E-state index < -0.39 is 5.91 Å². The second-order valence-electron chi connectivity index (χ2n) is 7.32. The molecule has 0 aliphatic rings. The maximum atomic E-state index is 13.3. The van der Waals surface area contributed by atoms with Gasteiger partial charge in [-0.05, 0) is 72.7 Å². The zero-order chi connectivity index (χ0) is 23.1. The van der Waals surface area contributed by atoms with E-state index >= 15 is 0 Å². The standard InChI is InChI=1S/C25H29N3O4/c1-4-27(5-2)17-21-16-22(15-20-9-7-8-10-23(20)21)28(32-6-3)25(30)19-13-11-18(12-14-19)24(29)26-31/h7-16,31H,4-6,17H2,1-3H3,(H,26,29). The number of amides is 2. The molecule has 3 aromatic rings. The molecule has 3 aromatic carbocycles. The van der Waals surface area contributed by atoms with Crippen molar-refractivity contribution in [1.29, 1.82) is 0 Å². The molecule has 3 rings (SSSR count). The number of benzene rings is 3. The molecule has 2 amide bonds. The van der Waals surface area contributed by atoms with Crippen LogP contribution in [0.25, 0.3) is 10.8 Å². The molecule has 0 aliphatic heterocycles. The van der Waals surface area contributed by atoms with Gasteiger partial charge in [0, 0.05) is 17.7 Å². The van der Waals surface area contributed by atoms with Gasteiger partial charge >= 0.3 is 0 Å². The largest absolute Gasteiger partial charge is 0.300 e. The first-order chi connectivity index (χ1) is 15.5. The fraction of sp³-hybridized carbons (Fsp3) is 0.280. The van der Waals surface area contributed by atoms with E-state index in [2.05, 4.69) is 24.8 Å². The second-order valence-corrected chi connectivity index (χ2v) is 7.32. The van der Waals surface area contributed by atoms with Crippen molar-refractivity contribution >= 4 is 28.3 Å². The minimum atomic E-state index is -0.638. The Morgan fingerprint density at radius 3 is 2.22 bits per heavy atom. The van der Waals surface area contributed by atoms with Crippen molar-refractivity contribution in [3.05, 3.63) is 77.4 Å². The van der Waals surface area contributed by atoms with E-state index in [1.807, 2.05) is 37.3 Å². The predicted octanol–water partition coefficient (Wildman–Crippen LogP) is 4.40. The normalized spacial score (nSPS) is 11.0. The van der Waals surface area contributed by atoms with E-state index in [1.54, 1.807) is 5.48 Å². The number of fused-ring (bicyclic) bond motifs is 1. The molecule has 0 spiro atoms. The average Bonchev–Trinajstić information content (AvgIpc) is 2.84. The van der Waals surface area contributed by atoms with E-state index in [0.717, 1.165) is 36.0 Å². The SMILES string of the molecule is CCON(C(=O)c1ccc(C(=O)NO)cc1)c1cc(CN(CC)CC)c2ccccc2c1. The van der Waals surface area contributed by atoms with E-state index in [4.69, 9.17) is 10.0 Å². The summed E-state index contributed by atoms with van der Waals surface area (Å²) in [6, 6.07) is 18.1. The summed E-state index contributed by atoms with van der Waals surface area (Å²) in [5, 5.41) is 12.3. The monoisotopic (exact) mass is 435 g/mol. The summed E-state index contributed by atoms with van der Waals surface area (Å²) >= 11 is 0. The van der Waals surface area contributed by atoms with Gasteiger partial charge in [-0.1, -0.05) is 38.1 Å². The molecule has 0 heterocycles. The third-order valence-electron chi connectivity index (χ3n) is 5.39. The van der Waals surface area contributed by atoms with Crippen LogP contribution in [0.4, 0.5) is 5.69 Å². The van der Waals surface area contributed by atoms with Crippen molar-refractivity contribution < 1.29 is 19.6 Å². The molecule has 32 heavy (non-hydrogen) atoms. The van der Waals surface area contributed by atoms with Gasteiger partial charge in [0.25, 0.3) is 11.8 Å². The number of hydroxylamine groups is 2. The molecule has 0 radical (unpaired) electrons. The molecule has 0 aliphatic carbocycles. The van der Waals surface area contributed by atoms with Crippen molar-refractivity contribution in [2.24, 2.45) is 0 Å². The van der Waals surface area contributed by atoms with Crippen LogP contribution in [0.1, 0.15) is 47.1 Å². The lowest BCUT2D eigenvalue weighted by Crippen LogP contribution is -2.31.